The van der Waals surface area contributed by atoms with Gasteiger partial charge < -0.3 is 14.5 Å². The second-order valence-electron chi connectivity index (χ2n) is 5.12. The van der Waals surface area contributed by atoms with Gasteiger partial charge in [-0.25, -0.2) is 4.57 Å². The summed E-state index contributed by atoms with van der Waals surface area (Å²) in [6, 6.07) is 0. The van der Waals surface area contributed by atoms with Crippen LogP contribution >= 0.6 is 7.82 Å². The SMILES string of the molecule is CCCCCCCCCCCCOCCOP(=O)(O)O.[NaH]. The van der Waals surface area contributed by atoms with Crippen molar-refractivity contribution in [1.29, 1.82) is 0 Å². The second kappa shape index (κ2) is 17.4. The summed E-state index contributed by atoms with van der Waals surface area (Å²) in [5.74, 6) is 0. The summed E-state index contributed by atoms with van der Waals surface area (Å²) < 4.78 is 19.9. The zero-order valence-electron chi connectivity index (χ0n) is 12.8. The van der Waals surface area contributed by atoms with E-state index in [0.29, 0.717) is 6.61 Å². The number of phosphoric acid groups is 1. The van der Waals surface area contributed by atoms with Gasteiger partial charge in [0.25, 0.3) is 0 Å². The molecular weight excluding hydrogens is 302 g/mol. The molecule has 0 saturated heterocycles. The molecule has 0 aliphatic rings. The molecule has 0 aromatic heterocycles. The molecule has 0 aliphatic heterocycles. The summed E-state index contributed by atoms with van der Waals surface area (Å²) in [5.41, 5.74) is 0. The monoisotopic (exact) mass is 334 g/mol. The molecule has 5 nitrogen and oxygen atoms in total. The minimum absolute atomic E-state index is 0. The number of hydrogen-bond donors (Lipinski definition) is 2. The molecule has 0 rings (SSSR count). The normalized spacial score (nSPS) is 11.4. The Morgan fingerprint density at radius 3 is 1.71 bits per heavy atom. The number of rotatable bonds is 15. The Bertz CT molecular complexity index is 248. The fourth-order valence-corrected chi connectivity index (χ4v) is 2.32. The molecular formula is C14H32NaO5P. The number of ether oxygens (including phenoxy) is 1. The van der Waals surface area contributed by atoms with Gasteiger partial charge in [0.1, 0.15) is 0 Å². The van der Waals surface area contributed by atoms with E-state index in [1.807, 2.05) is 0 Å². The van der Waals surface area contributed by atoms with E-state index in [1.54, 1.807) is 0 Å². The van der Waals surface area contributed by atoms with Crippen LogP contribution in [0.4, 0.5) is 0 Å². The molecule has 0 amide bonds. The Morgan fingerprint density at radius 1 is 0.762 bits per heavy atom. The summed E-state index contributed by atoms with van der Waals surface area (Å²) in [4.78, 5) is 16.9. The molecule has 0 saturated carbocycles. The zero-order chi connectivity index (χ0) is 15.1. The van der Waals surface area contributed by atoms with Gasteiger partial charge in [-0.3, -0.25) is 4.52 Å². The molecule has 2 N–H and O–H groups in total. The van der Waals surface area contributed by atoms with Crippen LogP contribution in [0.2, 0.25) is 0 Å². The van der Waals surface area contributed by atoms with Gasteiger partial charge >= 0.3 is 37.4 Å². The molecule has 0 aromatic rings. The Labute approximate surface area is 151 Å². The van der Waals surface area contributed by atoms with Crippen LogP contribution in [0.3, 0.4) is 0 Å². The average molecular weight is 334 g/mol. The van der Waals surface area contributed by atoms with E-state index in [9.17, 15) is 4.57 Å². The second-order valence-corrected chi connectivity index (χ2v) is 6.36. The van der Waals surface area contributed by atoms with E-state index in [-0.39, 0.29) is 42.8 Å². The first kappa shape index (κ1) is 24.3. The summed E-state index contributed by atoms with van der Waals surface area (Å²) in [5, 5.41) is 0. The number of unbranched alkanes of at least 4 members (excludes halogenated alkanes) is 9. The molecule has 0 spiro atoms. The van der Waals surface area contributed by atoms with Crippen LogP contribution in [0, 0.1) is 0 Å². The summed E-state index contributed by atoms with van der Waals surface area (Å²) in [7, 11) is -4.33. The average Bonchev–Trinajstić information content (AvgIpc) is 2.38. The van der Waals surface area contributed by atoms with E-state index in [1.165, 1.54) is 51.4 Å². The molecule has 0 radical (unpaired) electrons. The van der Waals surface area contributed by atoms with Gasteiger partial charge in [-0.1, -0.05) is 64.7 Å². The van der Waals surface area contributed by atoms with Crippen molar-refractivity contribution in [3.8, 4) is 0 Å². The first-order chi connectivity index (χ1) is 9.56. The Hall–Kier alpha value is 1.07. The van der Waals surface area contributed by atoms with Crippen molar-refractivity contribution >= 4 is 37.4 Å². The van der Waals surface area contributed by atoms with Gasteiger partial charge in [0.05, 0.1) is 13.2 Å². The molecule has 0 aromatic carbocycles. The first-order valence-corrected chi connectivity index (χ1v) is 9.37. The maximum absolute atomic E-state index is 10.4. The van der Waals surface area contributed by atoms with Gasteiger partial charge in [0.2, 0.25) is 0 Å². The zero-order valence-corrected chi connectivity index (χ0v) is 13.7. The predicted molar refractivity (Wildman–Crippen MR) is 87.8 cm³/mol. The van der Waals surface area contributed by atoms with Crippen LogP contribution in [0.25, 0.3) is 0 Å². The molecule has 0 unspecified atom stereocenters. The summed E-state index contributed by atoms with van der Waals surface area (Å²) >= 11 is 0. The topological polar surface area (TPSA) is 76.0 Å². The van der Waals surface area contributed by atoms with Crippen molar-refractivity contribution < 1.29 is 23.6 Å². The van der Waals surface area contributed by atoms with Crippen molar-refractivity contribution in [2.75, 3.05) is 19.8 Å². The fourth-order valence-electron chi connectivity index (χ4n) is 2.01. The maximum atomic E-state index is 10.4. The van der Waals surface area contributed by atoms with Crippen LogP contribution in [-0.4, -0.2) is 59.2 Å². The number of phosphoric ester groups is 1. The summed E-state index contributed by atoms with van der Waals surface area (Å²) in [6.07, 6.45) is 12.8. The Morgan fingerprint density at radius 2 is 1.24 bits per heavy atom. The van der Waals surface area contributed by atoms with Crippen molar-refractivity contribution in [3.05, 3.63) is 0 Å². The van der Waals surface area contributed by atoms with Crippen molar-refractivity contribution in [3.63, 3.8) is 0 Å². The van der Waals surface area contributed by atoms with Crippen molar-refractivity contribution in [1.82, 2.24) is 0 Å². The molecule has 0 atom stereocenters. The standard InChI is InChI=1S/C14H31O5P.Na.H/c1-2-3-4-5-6-7-8-9-10-11-12-18-13-14-19-20(15,16)17;;/h2-14H2,1H3,(H2,15,16,17);;. The Balaban J connectivity index is 0. The van der Waals surface area contributed by atoms with Gasteiger partial charge in [0, 0.05) is 6.61 Å². The van der Waals surface area contributed by atoms with E-state index in [0.717, 1.165) is 12.8 Å². The van der Waals surface area contributed by atoms with Gasteiger partial charge in [-0.15, -0.1) is 0 Å². The molecule has 124 valence electrons. The minimum atomic E-state index is -4.33. The third-order valence-electron chi connectivity index (χ3n) is 3.13. The molecule has 0 fully saturated rings. The van der Waals surface area contributed by atoms with Crippen molar-refractivity contribution in [2.24, 2.45) is 0 Å². The molecule has 21 heavy (non-hydrogen) atoms. The van der Waals surface area contributed by atoms with Crippen LogP contribution in [0.15, 0.2) is 0 Å². The van der Waals surface area contributed by atoms with E-state index in [2.05, 4.69) is 11.4 Å². The third kappa shape index (κ3) is 23.5. The molecule has 0 heterocycles. The van der Waals surface area contributed by atoms with E-state index >= 15 is 0 Å². The Kier molecular flexibility index (Phi) is 20.2. The van der Waals surface area contributed by atoms with Crippen LogP contribution in [0.5, 0.6) is 0 Å². The fraction of sp³-hybridized carbons (Fsp3) is 1.00. The first-order valence-electron chi connectivity index (χ1n) is 7.84. The van der Waals surface area contributed by atoms with E-state index in [4.69, 9.17) is 14.5 Å². The van der Waals surface area contributed by atoms with Gasteiger partial charge in [-0.05, 0) is 6.42 Å². The van der Waals surface area contributed by atoms with E-state index < -0.39 is 7.82 Å². The van der Waals surface area contributed by atoms with Crippen molar-refractivity contribution in [2.45, 2.75) is 71.1 Å². The summed E-state index contributed by atoms with van der Waals surface area (Å²) in [6.45, 7) is 3.06. The van der Waals surface area contributed by atoms with Gasteiger partial charge in [-0.2, -0.15) is 0 Å². The third-order valence-corrected chi connectivity index (χ3v) is 3.65. The molecule has 0 aliphatic carbocycles. The quantitative estimate of drug-likeness (QED) is 0.273. The molecule has 0 bridgehead atoms. The van der Waals surface area contributed by atoms with Crippen LogP contribution in [-0.2, 0) is 13.8 Å². The van der Waals surface area contributed by atoms with Crippen LogP contribution < -0.4 is 0 Å². The van der Waals surface area contributed by atoms with Gasteiger partial charge in [0.15, 0.2) is 0 Å². The van der Waals surface area contributed by atoms with Crippen LogP contribution in [0.1, 0.15) is 71.1 Å². The molecule has 7 heteroatoms. The number of hydrogen-bond acceptors (Lipinski definition) is 3. The predicted octanol–water partition coefficient (Wildman–Crippen LogP) is 3.38.